The number of hydrogen-bond acceptors (Lipinski definition) is 2. The van der Waals surface area contributed by atoms with E-state index in [2.05, 4.69) is 17.1 Å². The molecule has 15 heavy (non-hydrogen) atoms. The normalized spacial score (nSPS) is 29.8. The molecular formula is C13H25N2. The molecule has 0 amide bonds. The molecule has 2 aliphatic rings. The lowest BCUT2D eigenvalue weighted by molar-refractivity contribution is 0.196. The van der Waals surface area contributed by atoms with E-state index in [0.717, 1.165) is 11.8 Å². The third-order valence-electron chi connectivity index (χ3n) is 3.96. The zero-order valence-electron chi connectivity index (χ0n) is 9.88. The van der Waals surface area contributed by atoms with Gasteiger partial charge in [0.05, 0.1) is 0 Å². The van der Waals surface area contributed by atoms with Crippen LogP contribution in [0.5, 0.6) is 0 Å². The second-order valence-corrected chi connectivity index (χ2v) is 5.29. The Morgan fingerprint density at radius 1 is 1.20 bits per heavy atom. The van der Waals surface area contributed by atoms with Crippen LogP contribution in [0.15, 0.2) is 0 Å². The smallest absolute Gasteiger partial charge is 0.00161 e. The first-order valence-electron chi connectivity index (χ1n) is 6.61. The first-order chi connectivity index (χ1) is 7.34. The second kappa shape index (κ2) is 5.86. The first kappa shape index (κ1) is 11.4. The summed E-state index contributed by atoms with van der Waals surface area (Å²) in [6.45, 7) is 10.6. The summed E-state index contributed by atoms with van der Waals surface area (Å²) in [5, 5.41) is 3.44. The molecule has 2 heterocycles. The summed E-state index contributed by atoms with van der Waals surface area (Å²) >= 11 is 0. The van der Waals surface area contributed by atoms with Crippen molar-refractivity contribution in [3.05, 3.63) is 6.92 Å². The fourth-order valence-corrected chi connectivity index (χ4v) is 2.77. The average Bonchev–Trinajstić information content (AvgIpc) is 2.74. The van der Waals surface area contributed by atoms with Crippen LogP contribution in [0.3, 0.4) is 0 Å². The summed E-state index contributed by atoms with van der Waals surface area (Å²) in [5.74, 6) is 1.69. The Labute approximate surface area is 94.4 Å². The van der Waals surface area contributed by atoms with Gasteiger partial charge < -0.3 is 10.2 Å². The Bertz CT molecular complexity index is 167. The van der Waals surface area contributed by atoms with Crippen molar-refractivity contribution in [2.75, 3.05) is 32.7 Å². The minimum Gasteiger partial charge on any atom is -0.316 e. The van der Waals surface area contributed by atoms with Crippen molar-refractivity contribution in [3.8, 4) is 0 Å². The summed E-state index contributed by atoms with van der Waals surface area (Å²) in [6.07, 6.45) is 6.85. The van der Waals surface area contributed by atoms with Gasteiger partial charge in [-0.1, -0.05) is 6.92 Å². The van der Waals surface area contributed by atoms with Gasteiger partial charge in [-0.3, -0.25) is 0 Å². The number of rotatable bonds is 4. The summed E-state index contributed by atoms with van der Waals surface area (Å²) in [5.41, 5.74) is 0. The summed E-state index contributed by atoms with van der Waals surface area (Å²) in [7, 11) is 0. The van der Waals surface area contributed by atoms with Gasteiger partial charge in [0.1, 0.15) is 0 Å². The monoisotopic (exact) mass is 209 g/mol. The molecule has 1 atom stereocenters. The van der Waals surface area contributed by atoms with Crippen molar-refractivity contribution in [3.63, 3.8) is 0 Å². The first-order valence-corrected chi connectivity index (χ1v) is 6.61. The van der Waals surface area contributed by atoms with E-state index in [4.69, 9.17) is 0 Å². The molecule has 2 rings (SSSR count). The Morgan fingerprint density at radius 2 is 2.00 bits per heavy atom. The van der Waals surface area contributed by atoms with Crippen LogP contribution in [-0.4, -0.2) is 37.6 Å². The van der Waals surface area contributed by atoms with Crippen LogP contribution in [0, 0.1) is 18.8 Å². The van der Waals surface area contributed by atoms with Crippen LogP contribution in [0.1, 0.15) is 32.1 Å². The summed E-state index contributed by atoms with van der Waals surface area (Å²) in [6, 6.07) is 0. The zero-order chi connectivity index (χ0) is 10.5. The van der Waals surface area contributed by atoms with Crippen molar-refractivity contribution in [1.82, 2.24) is 10.2 Å². The topological polar surface area (TPSA) is 15.3 Å². The number of piperidine rings is 1. The molecule has 1 N–H and O–H groups in total. The number of likely N-dealkylation sites (tertiary alicyclic amines) is 1. The van der Waals surface area contributed by atoms with Gasteiger partial charge in [-0.2, -0.15) is 0 Å². The van der Waals surface area contributed by atoms with Crippen LogP contribution < -0.4 is 5.32 Å². The van der Waals surface area contributed by atoms with Crippen molar-refractivity contribution < 1.29 is 0 Å². The fraction of sp³-hybridized carbons (Fsp3) is 0.923. The molecule has 0 aromatic heterocycles. The molecular weight excluding hydrogens is 184 g/mol. The van der Waals surface area contributed by atoms with Crippen LogP contribution in [0.4, 0.5) is 0 Å². The Balaban J connectivity index is 1.53. The van der Waals surface area contributed by atoms with E-state index >= 15 is 0 Å². The molecule has 2 heteroatoms. The molecule has 0 aromatic carbocycles. The van der Waals surface area contributed by atoms with Crippen molar-refractivity contribution in [1.29, 1.82) is 0 Å². The third kappa shape index (κ3) is 3.76. The molecule has 2 aliphatic heterocycles. The van der Waals surface area contributed by atoms with E-state index in [1.807, 2.05) is 0 Å². The Kier molecular flexibility index (Phi) is 4.45. The second-order valence-electron chi connectivity index (χ2n) is 5.29. The molecule has 1 unspecified atom stereocenters. The van der Waals surface area contributed by atoms with Gasteiger partial charge in [-0.15, -0.1) is 0 Å². The van der Waals surface area contributed by atoms with Crippen molar-refractivity contribution >= 4 is 0 Å². The van der Waals surface area contributed by atoms with E-state index in [-0.39, 0.29) is 0 Å². The van der Waals surface area contributed by atoms with Gasteiger partial charge in [-0.05, 0) is 76.7 Å². The maximum absolute atomic E-state index is 4.14. The van der Waals surface area contributed by atoms with Gasteiger partial charge in [0.2, 0.25) is 0 Å². The third-order valence-corrected chi connectivity index (χ3v) is 3.96. The molecule has 87 valence electrons. The fourth-order valence-electron chi connectivity index (χ4n) is 2.77. The maximum atomic E-state index is 4.14. The van der Waals surface area contributed by atoms with Gasteiger partial charge in [-0.25, -0.2) is 0 Å². The van der Waals surface area contributed by atoms with Crippen LogP contribution in [0.2, 0.25) is 0 Å². The Hall–Kier alpha value is -0.0800. The van der Waals surface area contributed by atoms with E-state index in [0.29, 0.717) is 0 Å². The molecule has 1 radical (unpaired) electrons. The van der Waals surface area contributed by atoms with Crippen LogP contribution in [-0.2, 0) is 0 Å². The predicted molar refractivity (Wildman–Crippen MR) is 64.7 cm³/mol. The van der Waals surface area contributed by atoms with Gasteiger partial charge in [0.15, 0.2) is 0 Å². The van der Waals surface area contributed by atoms with Crippen molar-refractivity contribution in [2.24, 2.45) is 11.8 Å². The highest BCUT2D eigenvalue weighted by Crippen LogP contribution is 2.18. The zero-order valence-corrected chi connectivity index (χ0v) is 9.88. The standard InChI is InChI=1S/C13H25N2/c1-12-5-9-15(10-6-12)8-2-3-13-4-7-14-11-13/h12-14H,1-11H2. The SMILES string of the molecule is [CH2]C1CCN(CCCC2CCNC2)CC1. The lowest BCUT2D eigenvalue weighted by atomic mass is 9.98. The molecule has 0 aliphatic carbocycles. The lowest BCUT2D eigenvalue weighted by Crippen LogP contribution is -2.33. The summed E-state index contributed by atoms with van der Waals surface area (Å²) < 4.78 is 0. The van der Waals surface area contributed by atoms with Gasteiger partial charge in [0, 0.05) is 0 Å². The predicted octanol–water partition coefficient (Wildman–Crippen LogP) is 1.92. The number of nitrogens with one attached hydrogen (secondary N) is 1. The lowest BCUT2D eigenvalue weighted by Gasteiger charge is -2.30. The number of nitrogens with zero attached hydrogens (tertiary/aromatic N) is 1. The molecule has 2 fully saturated rings. The van der Waals surface area contributed by atoms with Crippen LogP contribution in [0.25, 0.3) is 0 Å². The molecule has 0 saturated carbocycles. The van der Waals surface area contributed by atoms with E-state index in [1.54, 1.807) is 0 Å². The van der Waals surface area contributed by atoms with Crippen molar-refractivity contribution in [2.45, 2.75) is 32.1 Å². The number of hydrogen-bond donors (Lipinski definition) is 1. The average molecular weight is 209 g/mol. The van der Waals surface area contributed by atoms with Crippen LogP contribution >= 0.6 is 0 Å². The highest BCUT2D eigenvalue weighted by Gasteiger charge is 2.17. The minimum atomic E-state index is 0.722. The molecule has 2 saturated heterocycles. The van der Waals surface area contributed by atoms with E-state index in [1.165, 1.54) is 64.8 Å². The largest absolute Gasteiger partial charge is 0.316 e. The molecule has 2 nitrogen and oxygen atoms in total. The Morgan fingerprint density at radius 3 is 2.67 bits per heavy atom. The quantitative estimate of drug-likeness (QED) is 0.761. The molecule has 0 bridgehead atoms. The van der Waals surface area contributed by atoms with E-state index < -0.39 is 0 Å². The molecule has 0 spiro atoms. The minimum absolute atomic E-state index is 0.722. The van der Waals surface area contributed by atoms with E-state index in [9.17, 15) is 0 Å². The highest BCUT2D eigenvalue weighted by molar-refractivity contribution is 4.75. The molecule has 0 aromatic rings. The maximum Gasteiger partial charge on any atom is -0.00161 e. The summed E-state index contributed by atoms with van der Waals surface area (Å²) in [4.78, 5) is 2.63. The van der Waals surface area contributed by atoms with Gasteiger partial charge >= 0.3 is 0 Å². The highest BCUT2D eigenvalue weighted by atomic mass is 15.1. The van der Waals surface area contributed by atoms with Gasteiger partial charge in [0.25, 0.3) is 0 Å².